The molecule has 3 nitrogen and oxygen atoms in total. The third-order valence-corrected chi connectivity index (χ3v) is 5.45. The molecule has 1 unspecified atom stereocenters. The molecule has 0 heterocycles. The van der Waals surface area contributed by atoms with E-state index in [1.807, 2.05) is 0 Å². The first-order chi connectivity index (χ1) is 11.7. The number of ether oxygens (including phenoxy) is 2. The molecule has 0 saturated carbocycles. The van der Waals surface area contributed by atoms with E-state index in [0.29, 0.717) is 8.58 Å². The number of benzene rings is 2. The van der Waals surface area contributed by atoms with E-state index in [9.17, 15) is 0 Å². The van der Waals surface area contributed by atoms with E-state index >= 15 is 0 Å². The highest BCUT2D eigenvalue weighted by Gasteiger charge is 2.19. The summed E-state index contributed by atoms with van der Waals surface area (Å²) in [7, 11) is 6.35. The first-order valence-electron chi connectivity index (χ1n) is 8.54. The second-order valence-corrected chi connectivity index (χ2v) is 8.83. The molecule has 4 heteroatoms. The van der Waals surface area contributed by atoms with E-state index in [1.165, 1.54) is 21.9 Å². The molecular weight excluding hydrogens is 329 g/mol. The molecule has 0 spiro atoms. The van der Waals surface area contributed by atoms with Crippen LogP contribution in [0, 0.1) is 6.92 Å². The lowest BCUT2D eigenvalue weighted by molar-refractivity contribution is 0.0514. The van der Waals surface area contributed by atoms with Gasteiger partial charge in [-0.3, -0.25) is 0 Å². The summed E-state index contributed by atoms with van der Waals surface area (Å²) in [4.78, 5) is 2.17. The Labute approximate surface area is 154 Å². The molecule has 0 aliphatic heterocycles. The van der Waals surface area contributed by atoms with E-state index in [1.54, 1.807) is 7.11 Å². The molecule has 136 valence electrons. The monoisotopic (exact) mass is 359 g/mol. The maximum atomic E-state index is 5.93. The van der Waals surface area contributed by atoms with Gasteiger partial charge < -0.3 is 14.4 Å². The Morgan fingerprint density at radius 2 is 1.72 bits per heavy atom. The molecule has 0 aromatic heterocycles. The van der Waals surface area contributed by atoms with Crippen molar-refractivity contribution in [3.8, 4) is 5.75 Å². The van der Waals surface area contributed by atoms with Crippen LogP contribution in [0.3, 0.4) is 0 Å². The lowest BCUT2D eigenvalue weighted by Crippen LogP contribution is -2.20. The maximum Gasteiger partial charge on any atom is 0.188 e. The summed E-state index contributed by atoms with van der Waals surface area (Å²) < 4.78 is 11.1. The van der Waals surface area contributed by atoms with Crippen LogP contribution in [0.5, 0.6) is 5.75 Å². The van der Waals surface area contributed by atoms with Gasteiger partial charge in [0.05, 0.1) is 0 Å². The van der Waals surface area contributed by atoms with Crippen LogP contribution in [-0.4, -0.2) is 28.0 Å². The van der Waals surface area contributed by atoms with Crippen molar-refractivity contribution >= 4 is 24.9 Å². The number of hydrogen-bond donors (Lipinski definition) is 0. The third kappa shape index (κ3) is 4.96. The SMILES string of the molecule is COCOc1c(C)cc(C(C)(C)C)cc1Pc1ccccc1N(C)C. The lowest BCUT2D eigenvalue weighted by Gasteiger charge is -2.24. The highest BCUT2D eigenvalue weighted by molar-refractivity contribution is 7.56. The van der Waals surface area contributed by atoms with Crippen molar-refractivity contribution in [2.24, 2.45) is 0 Å². The molecule has 0 bridgehead atoms. The largest absolute Gasteiger partial charge is 0.467 e. The van der Waals surface area contributed by atoms with Crippen LogP contribution >= 0.6 is 8.58 Å². The number of rotatable bonds is 6. The molecule has 0 aliphatic carbocycles. The molecule has 0 N–H and O–H groups in total. The normalized spacial score (nSPS) is 12.0. The number of aryl methyl sites for hydroxylation is 1. The van der Waals surface area contributed by atoms with Crippen LogP contribution in [0.4, 0.5) is 5.69 Å². The van der Waals surface area contributed by atoms with E-state index < -0.39 is 0 Å². The van der Waals surface area contributed by atoms with Crippen molar-refractivity contribution in [1.82, 2.24) is 0 Å². The predicted octanol–water partition coefficient (Wildman–Crippen LogP) is 3.97. The first kappa shape index (κ1) is 19.8. The van der Waals surface area contributed by atoms with Gasteiger partial charge in [-0.1, -0.05) is 53.6 Å². The number of nitrogens with zero attached hydrogens (tertiary/aromatic N) is 1. The Bertz CT molecular complexity index is 720. The third-order valence-electron chi connectivity index (χ3n) is 4.12. The van der Waals surface area contributed by atoms with Gasteiger partial charge in [0.1, 0.15) is 5.75 Å². The molecule has 2 rings (SSSR count). The molecule has 0 radical (unpaired) electrons. The number of anilines is 1. The zero-order chi connectivity index (χ0) is 18.6. The maximum absolute atomic E-state index is 5.93. The van der Waals surface area contributed by atoms with Crippen molar-refractivity contribution in [3.05, 3.63) is 47.5 Å². The molecule has 2 aromatic rings. The van der Waals surface area contributed by atoms with Gasteiger partial charge in [-0.05, 0) is 35.6 Å². The van der Waals surface area contributed by atoms with Gasteiger partial charge in [0.25, 0.3) is 0 Å². The standard InChI is InChI=1S/C21H30NO2P/c1-15-12-16(21(2,3)4)13-19(20(15)24-14-23-7)25-18-11-9-8-10-17(18)22(5)6/h8-13,25H,14H2,1-7H3. The second-order valence-electron chi connectivity index (χ2n) is 7.51. The average Bonchev–Trinajstić information content (AvgIpc) is 2.53. The summed E-state index contributed by atoms with van der Waals surface area (Å²) in [6.45, 7) is 9.13. The molecule has 25 heavy (non-hydrogen) atoms. The van der Waals surface area contributed by atoms with Crippen molar-refractivity contribution in [2.75, 3.05) is 32.9 Å². The number of para-hydroxylation sites is 1. The van der Waals surface area contributed by atoms with Crippen molar-refractivity contribution in [1.29, 1.82) is 0 Å². The Balaban J connectivity index is 2.52. The minimum absolute atomic E-state index is 0.102. The summed E-state index contributed by atoms with van der Waals surface area (Å²) in [6.07, 6.45) is 0. The van der Waals surface area contributed by atoms with Crippen molar-refractivity contribution < 1.29 is 9.47 Å². The fraction of sp³-hybridized carbons (Fsp3) is 0.429. The van der Waals surface area contributed by atoms with Crippen molar-refractivity contribution in [3.63, 3.8) is 0 Å². The van der Waals surface area contributed by atoms with E-state index in [-0.39, 0.29) is 12.2 Å². The van der Waals surface area contributed by atoms with Gasteiger partial charge in [-0.2, -0.15) is 0 Å². The highest BCUT2D eigenvalue weighted by atomic mass is 31.1. The van der Waals surface area contributed by atoms with Crippen LogP contribution < -0.4 is 20.2 Å². The van der Waals surface area contributed by atoms with Gasteiger partial charge in [0.15, 0.2) is 6.79 Å². The summed E-state index contributed by atoms with van der Waals surface area (Å²) in [6, 6.07) is 13.1. The quantitative estimate of drug-likeness (QED) is 0.575. The number of methoxy groups -OCH3 is 1. The van der Waals surface area contributed by atoms with Crippen LogP contribution in [0.1, 0.15) is 31.9 Å². The molecule has 2 aromatic carbocycles. The smallest absolute Gasteiger partial charge is 0.188 e. The Morgan fingerprint density at radius 3 is 2.32 bits per heavy atom. The fourth-order valence-corrected chi connectivity index (χ4v) is 4.24. The highest BCUT2D eigenvalue weighted by Crippen LogP contribution is 2.31. The lowest BCUT2D eigenvalue weighted by atomic mass is 9.86. The second kappa shape index (κ2) is 8.21. The summed E-state index contributed by atoms with van der Waals surface area (Å²) >= 11 is 0. The predicted molar refractivity (Wildman–Crippen MR) is 111 cm³/mol. The van der Waals surface area contributed by atoms with E-state index in [4.69, 9.17) is 9.47 Å². The van der Waals surface area contributed by atoms with Crippen molar-refractivity contribution in [2.45, 2.75) is 33.1 Å². The van der Waals surface area contributed by atoms with E-state index in [2.05, 4.69) is 83.1 Å². The Hall–Kier alpha value is -1.57. The van der Waals surface area contributed by atoms with Gasteiger partial charge in [-0.25, -0.2) is 0 Å². The fourth-order valence-electron chi connectivity index (χ4n) is 2.72. The van der Waals surface area contributed by atoms with Gasteiger partial charge >= 0.3 is 0 Å². The van der Waals surface area contributed by atoms with Crippen LogP contribution in [0.15, 0.2) is 36.4 Å². The average molecular weight is 359 g/mol. The minimum atomic E-state index is 0.102. The van der Waals surface area contributed by atoms with Crippen LogP contribution in [0.25, 0.3) is 0 Å². The first-order valence-corrected chi connectivity index (χ1v) is 9.54. The topological polar surface area (TPSA) is 21.7 Å². The minimum Gasteiger partial charge on any atom is -0.467 e. The van der Waals surface area contributed by atoms with Gasteiger partial charge in [0.2, 0.25) is 0 Å². The Kier molecular flexibility index (Phi) is 6.48. The molecular formula is C21H30NO2P. The number of hydrogen-bond acceptors (Lipinski definition) is 3. The zero-order valence-electron chi connectivity index (χ0n) is 16.4. The van der Waals surface area contributed by atoms with Gasteiger partial charge in [0, 0.05) is 37.5 Å². The summed E-state index contributed by atoms with van der Waals surface area (Å²) in [5, 5.41) is 2.55. The Morgan fingerprint density at radius 1 is 1.04 bits per heavy atom. The molecule has 0 fully saturated rings. The molecule has 0 amide bonds. The summed E-state index contributed by atoms with van der Waals surface area (Å²) in [5.41, 5.74) is 3.84. The van der Waals surface area contributed by atoms with Crippen LogP contribution in [-0.2, 0) is 10.2 Å². The van der Waals surface area contributed by atoms with Gasteiger partial charge in [-0.15, -0.1) is 0 Å². The summed E-state index contributed by atoms with van der Waals surface area (Å²) in [5.74, 6) is 0.946. The van der Waals surface area contributed by atoms with Crippen LogP contribution in [0.2, 0.25) is 0 Å². The molecule has 0 aliphatic rings. The zero-order valence-corrected chi connectivity index (χ0v) is 17.4. The van der Waals surface area contributed by atoms with E-state index in [0.717, 1.165) is 11.3 Å². The molecule has 0 saturated heterocycles. The molecule has 1 atom stereocenters.